The first-order chi connectivity index (χ1) is 9.47. The van der Waals surface area contributed by atoms with Crippen molar-refractivity contribution in [3.63, 3.8) is 0 Å². The van der Waals surface area contributed by atoms with Gasteiger partial charge in [-0.1, -0.05) is 13.3 Å². The SMILES string of the molecule is CCC[C@](C)(O)CCC[C@H](NC(=O)OC(C)(C)C)C(=O)O. The number of alkyl carbamates (subject to hydrolysis) is 1. The second kappa shape index (κ2) is 8.22. The topological polar surface area (TPSA) is 95.9 Å². The molecule has 0 rings (SSSR count). The fourth-order valence-electron chi connectivity index (χ4n) is 2.06. The van der Waals surface area contributed by atoms with Gasteiger partial charge in [0.15, 0.2) is 0 Å². The van der Waals surface area contributed by atoms with Crippen LogP contribution in [0.4, 0.5) is 4.79 Å². The molecule has 0 saturated heterocycles. The number of hydrogen-bond donors (Lipinski definition) is 3. The molecule has 0 aliphatic rings. The van der Waals surface area contributed by atoms with E-state index in [0.29, 0.717) is 19.3 Å². The van der Waals surface area contributed by atoms with Crippen LogP contribution >= 0.6 is 0 Å². The molecule has 0 aromatic heterocycles. The lowest BCUT2D eigenvalue weighted by atomic mass is 9.93. The lowest BCUT2D eigenvalue weighted by Crippen LogP contribution is -2.43. The second-order valence-corrected chi connectivity index (χ2v) is 6.68. The van der Waals surface area contributed by atoms with Gasteiger partial charge in [-0.15, -0.1) is 0 Å². The standard InChI is InChI=1S/C15H29NO5/c1-6-9-15(5,20)10-7-8-11(12(17)18)16-13(19)21-14(2,3)4/h11,20H,6-10H2,1-5H3,(H,16,19)(H,17,18)/t11-,15-/m0/s1. The van der Waals surface area contributed by atoms with Crippen molar-refractivity contribution in [1.82, 2.24) is 5.32 Å². The Kier molecular flexibility index (Phi) is 7.71. The molecule has 6 nitrogen and oxygen atoms in total. The minimum Gasteiger partial charge on any atom is -0.480 e. The minimum absolute atomic E-state index is 0.258. The van der Waals surface area contributed by atoms with Crippen molar-refractivity contribution in [1.29, 1.82) is 0 Å². The zero-order chi connectivity index (χ0) is 16.7. The summed E-state index contributed by atoms with van der Waals surface area (Å²) in [5.74, 6) is -1.10. The molecule has 0 spiro atoms. The van der Waals surface area contributed by atoms with Crippen LogP contribution in [0.3, 0.4) is 0 Å². The molecule has 0 radical (unpaired) electrons. The van der Waals surface area contributed by atoms with Crippen molar-refractivity contribution >= 4 is 12.1 Å². The normalized spacial score (nSPS) is 15.9. The zero-order valence-electron chi connectivity index (χ0n) is 13.7. The summed E-state index contributed by atoms with van der Waals surface area (Å²) >= 11 is 0. The molecule has 0 aromatic rings. The summed E-state index contributed by atoms with van der Waals surface area (Å²) < 4.78 is 5.04. The highest BCUT2D eigenvalue weighted by Gasteiger charge is 2.25. The van der Waals surface area contributed by atoms with Gasteiger partial charge in [-0.25, -0.2) is 9.59 Å². The number of hydrogen-bond acceptors (Lipinski definition) is 4. The molecule has 1 amide bonds. The third kappa shape index (κ3) is 10.1. The van der Waals surface area contributed by atoms with Gasteiger partial charge in [0.2, 0.25) is 0 Å². The smallest absolute Gasteiger partial charge is 0.408 e. The van der Waals surface area contributed by atoms with E-state index in [9.17, 15) is 14.7 Å². The first-order valence-electron chi connectivity index (χ1n) is 7.41. The summed E-state index contributed by atoms with van der Waals surface area (Å²) in [6, 6.07) is -1.00. The maximum atomic E-state index is 11.6. The summed E-state index contributed by atoms with van der Waals surface area (Å²) in [4.78, 5) is 22.7. The maximum Gasteiger partial charge on any atom is 0.408 e. The largest absolute Gasteiger partial charge is 0.480 e. The van der Waals surface area contributed by atoms with Crippen LogP contribution in [-0.4, -0.2) is 39.5 Å². The number of rotatable bonds is 8. The van der Waals surface area contributed by atoms with Gasteiger partial charge in [0.1, 0.15) is 11.6 Å². The molecule has 0 aliphatic heterocycles. The Morgan fingerprint density at radius 1 is 1.19 bits per heavy atom. The fraction of sp³-hybridized carbons (Fsp3) is 0.867. The van der Waals surface area contributed by atoms with Gasteiger partial charge in [0, 0.05) is 0 Å². The van der Waals surface area contributed by atoms with Gasteiger partial charge in [-0.3, -0.25) is 0 Å². The average molecular weight is 303 g/mol. The third-order valence-corrected chi connectivity index (χ3v) is 2.99. The number of carbonyl (C=O) groups excluding carboxylic acids is 1. The number of ether oxygens (including phenoxy) is 1. The van der Waals surface area contributed by atoms with Crippen LogP contribution < -0.4 is 5.32 Å². The summed E-state index contributed by atoms with van der Waals surface area (Å²) in [6.45, 7) is 8.87. The van der Waals surface area contributed by atoms with E-state index in [1.54, 1.807) is 27.7 Å². The predicted octanol–water partition coefficient (Wildman–Crippen LogP) is 2.69. The van der Waals surface area contributed by atoms with E-state index in [2.05, 4.69) is 5.32 Å². The number of amides is 1. The Balaban J connectivity index is 4.33. The van der Waals surface area contributed by atoms with E-state index < -0.39 is 29.3 Å². The summed E-state index contributed by atoms with van der Waals surface area (Å²) in [7, 11) is 0. The number of carbonyl (C=O) groups is 2. The van der Waals surface area contributed by atoms with Crippen molar-refractivity contribution < 1.29 is 24.5 Å². The summed E-state index contributed by atoms with van der Waals surface area (Å²) in [5.41, 5.74) is -1.46. The highest BCUT2D eigenvalue weighted by molar-refractivity contribution is 5.79. The Labute approximate surface area is 126 Å². The van der Waals surface area contributed by atoms with E-state index >= 15 is 0 Å². The Morgan fingerprint density at radius 2 is 1.76 bits per heavy atom. The molecule has 21 heavy (non-hydrogen) atoms. The van der Waals surface area contributed by atoms with Crippen molar-refractivity contribution in [3.8, 4) is 0 Å². The highest BCUT2D eigenvalue weighted by Crippen LogP contribution is 2.20. The number of aliphatic hydroxyl groups is 1. The van der Waals surface area contributed by atoms with Gasteiger partial charge >= 0.3 is 12.1 Å². The van der Waals surface area contributed by atoms with Crippen LogP contribution in [0.25, 0.3) is 0 Å². The molecular weight excluding hydrogens is 274 g/mol. The third-order valence-electron chi connectivity index (χ3n) is 2.99. The predicted molar refractivity (Wildman–Crippen MR) is 80.2 cm³/mol. The monoisotopic (exact) mass is 303 g/mol. The van der Waals surface area contributed by atoms with Gasteiger partial charge in [-0.2, -0.15) is 0 Å². The lowest BCUT2D eigenvalue weighted by molar-refractivity contribution is -0.139. The molecule has 6 heteroatoms. The van der Waals surface area contributed by atoms with Crippen LogP contribution in [0.1, 0.15) is 66.7 Å². The molecule has 124 valence electrons. The van der Waals surface area contributed by atoms with Crippen LogP contribution in [0.15, 0.2) is 0 Å². The number of nitrogens with one attached hydrogen (secondary N) is 1. The molecule has 3 N–H and O–H groups in total. The Morgan fingerprint density at radius 3 is 2.19 bits per heavy atom. The fourth-order valence-corrected chi connectivity index (χ4v) is 2.06. The minimum atomic E-state index is -1.10. The van der Waals surface area contributed by atoms with E-state index in [0.717, 1.165) is 6.42 Å². The molecule has 0 saturated carbocycles. The second-order valence-electron chi connectivity index (χ2n) is 6.68. The highest BCUT2D eigenvalue weighted by atomic mass is 16.6. The molecule has 0 fully saturated rings. The molecule has 0 unspecified atom stereocenters. The summed E-state index contributed by atoms with van der Waals surface area (Å²) in [6.07, 6.45) is 2.07. The van der Waals surface area contributed by atoms with Crippen LogP contribution in [0.2, 0.25) is 0 Å². The molecular formula is C15H29NO5. The van der Waals surface area contributed by atoms with E-state index in [-0.39, 0.29) is 6.42 Å². The quantitative estimate of drug-likeness (QED) is 0.640. The molecule has 2 atom stereocenters. The summed E-state index contributed by atoms with van der Waals surface area (Å²) in [5, 5.41) is 21.5. The molecule has 0 heterocycles. The number of carboxylic acids is 1. The van der Waals surface area contributed by atoms with Gasteiger partial charge in [0.25, 0.3) is 0 Å². The zero-order valence-corrected chi connectivity index (χ0v) is 13.7. The Bertz CT molecular complexity index is 346. The van der Waals surface area contributed by atoms with Crippen LogP contribution in [-0.2, 0) is 9.53 Å². The maximum absolute atomic E-state index is 11.6. The van der Waals surface area contributed by atoms with Gasteiger partial charge < -0.3 is 20.3 Å². The molecule has 0 aromatic carbocycles. The molecule has 0 bridgehead atoms. The van der Waals surface area contributed by atoms with Crippen molar-refractivity contribution in [2.24, 2.45) is 0 Å². The molecule has 0 aliphatic carbocycles. The van der Waals surface area contributed by atoms with Crippen molar-refractivity contribution in [3.05, 3.63) is 0 Å². The first-order valence-corrected chi connectivity index (χ1v) is 7.41. The number of aliphatic carboxylic acids is 1. The number of carboxylic acid groups (broad SMARTS) is 1. The van der Waals surface area contributed by atoms with E-state index in [1.165, 1.54) is 0 Å². The lowest BCUT2D eigenvalue weighted by Gasteiger charge is -2.24. The Hall–Kier alpha value is -1.30. The van der Waals surface area contributed by atoms with Crippen molar-refractivity contribution in [2.45, 2.75) is 84.0 Å². The van der Waals surface area contributed by atoms with E-state index in [4.69, 9.17) is 9.84 Å². The van der Waals surface area contributed by atoms with Gasteiger partial charge in [-0.05, 0) is 53.4 Å². The first kappa shape index (κ1) is 19.7. The van der Waals surface area contributed by atoms with Crippen LogP contribution in [0.5, 0.6) is 0 Å². The van der Waals surface area contributed by atoms with E-state index in [1.807, 2.05) is 6.92 Å². The average Bonchev–Trinajstić information content (AvgIpc) is 2.24. The van der Waals surface area contributed by atoms with Crippen molar-refractivity contribution in [2.75, 3.05) is 0 Å². The van der Waals surface area contributed by atoms with Gasteiger partial charge in [0.05, 0.1) is 5.60 Å². The van der Waals surface area contributed by atoms with Crippen LogP contribution in [0, 0.1) is 0 Å².